The number of carboxylic acid groups (broad SMARTS) is 2. The molecule has 0 saturated carbocycles. The Balaban J connectivity index is 0.000000351. The molecular weight excluding hydrogens is 1220 g/mol. The zero-order valence-electron chi connectivity index (χ0n) is 47.2. The van der Waals surface area contributed by atoms with Gasteiger partial charge in [-0.25, -0.2) is 41.7 Å². The Morgan fingerprint density at radius 2 is 0.831 bits per heavy atom. The SMILES string of the molecule is CO.COC(=O)c1cccc2[nH]ncc12.COC(=O)c1cccc2c1cnn2-c1ccc(F)cc1.C[Si](C)(C)C.Fc1ccc(I)cc1.O=C(O)c1cccc2[nH]ncc12.O=C(O)c1cccc2c1cnn2-c1ccc(F)cc1.[2H]CF.[Na+].[OH-]. The minimum absolute atomic E-state index is 0. The summed E-state index contributed by atoms with van der Waals surface area (Å²) >= 11 is 2.13. The molecular formula is C58H58F4IN8NaO10Si. The largest absolute Gasteiger partial charge is 1.00 e. The topological polar surface area (TPSA) is 270 Å². The molecule has 430 valence electrons. The van der Waals surface area contributed by atoms with Crippen LogP contribution in [0.1, 0.15) is 42.8 Å². The number of aromatic carboxylic acids is 2. The molecule has 0 amide bonds. The van der Waals surface area contributed by atoms with Crippen molar-refractivity contribution in [2.75, 3.05) is 28.5 Å². The second-order valence-corrected chi connectivity index (χ2v) is 25.1. The van der Waals surface area contributed by atoms with Crippen LogP contribution < -0.4 is 29.6 Å². The summed E-state index contributed by atoms with van der Waals surface area (Å²) in [5, 5.41) is 49.1. The van der Waals surface area contributed by atoms with Crippen LogP contribution in [0.5, 0.6) is 0 Å². The van der Waals surface area contributed by atoms with Gasteiger partial charge in [0.25, 0.3) is 0 Å². The minimum Gasteiger partial charge on any atom is -0.870 e. The number of alkyl halides is 1. The molecule has 0 saturated heterocycles. The molecule has 83 heavy (non-hydrogen) atoms. The summed E-state index contributed by atoms with van der Waals surface area (Å²) in [6.45, 7) is 9.31. The molecule has 7 aromatic carbocycles. The van der Waals surface area contributed by atoms with Crippen LogP contribution in [0, 0.1) is 21.0 Å². The van der Waals surface area contributed by atoms with E-state index in [-0.39, 0.29) is 69.6 Å². The van der Waals surface area contributed by atoms with Gasteiger partial charge in [-0.15, -0.1) is 0 Å². The van der Waals surface area contributed by atoms with Crippen molar-refractivity contribution in [2.45, 2.75) is 26.2 Å². The Bertz CT molecular complexity index is 3800. The smallest absolute Gasteiger partial charge is 0.870 e. The summed E-state index contributed by atoms with van der Waals surface area (Å²) < 4.78 is 67.1. The fraction of sp³-hybridized carbons (Fsp3) is 0.138. The van der Waals surface area contributed by atoms with Crippen molar-refractivity contribution in [1.29, 1.82) is 0 Å². The molecule has 0 bridgehead atoms. The van der Waals surface area contributed by atoms with E-state index in [4.69, 9.17) is 21.4 Å². The minimum atomic E-state index is -1.00. The number of aliphatic hydroxyl groups excluding tert-OH is 1. The van der Waals surface area contributed by atoms with E-state index in [2.05, 4.69) is 84.1 Å². The number of benzene rings is 7. The van der Waals surface area contributed by atoms with E-state index in [1.54, 1.807) is 113 Å². The molecule has 0 fully saturated rings. The monoisotopic (exact) mass is 1280 g/mol. The van der Waals surface area contributed by atoms with Gasteiger partial charge < -0.3 is 30.3 Å². The third-order valence-corrected chi connectivity index (χ3v) is 11.1. The fourth-order valence-electron chi connectivity index (χ4n) is 6.99. The summed E-state index contributed by atoms with van der Waals surface area (Å²) in [4.78, 5) is 44.8. The summed E-state index contributed by atoms with van der Waals surface area (Å²) in [6.07, 6.45) is 6.23. The van der Waals surface area contributed by atoms with Crippen molar-refractivity contribution in [1.82, 2.24) is 40.0 Å². The number of hydrogen-bond acceptors (Lipinski definition) is 12. The molecule has 6 N–H and O–H groups in total. The van der Waals surface area contributed by atoms with E-state index >= 15 is 0 Å². The molecule has 25 heteroatoms. The summed E-state index contributed by atoms with van der Waals surface area (Å²) in [5.41, 5.74) is 5.89. The van der Waals surface area contributed by atoms with Gasteiger partial charge in [0.05, 0.1) is 103 Å². The van der Waals surface area contributed by atoms with Crippen LogP contribution in [0.4, 0.5) is 17.6 Å². The summed E-state index contributed by atoms with van der Waals surface area (Å²) in [5.74, 6) is -3.48. The van der Waals surface area contributed by atoms with Crippen LogP contribution in [-0.2, 0) is 9.47 Å². The van der Waals surface area contributed by atoms with Gasteiger partial charge in [0.15, 0.2) is 0 Å². The van der Waals surface area contributed by atoms with Crippen LogP contribution >= 0.6 is 22.6 Å². The maximum absolute atomic E-state index is 13.0. The number of aromatic nitrogens is 8. The third kappa shape index (κ3) is 20.7. The first kappa shape index (κ1) is 69.2. The molecule has 4 aromatic heterocycles. The van der Waals surface area contributed by atoms with Crippen LogP contribution in [0.2, 0.25) is 26.2 Å². The number of halogens is 5. The number of aliphatic hydroxyl groups is 1. The van der Waals surface area contributed by atoms with Gasteiger partial charge in [-0.05, 0) is 144 Å². The quantitative estimate of drug-likeness (QED) is 0.0449. The summed E-state index contributed by atoms with van der Waals surface area (Å²) in [6, 6.07) is 38.9. The van der Waals surface area contributed by atoms with Crippen LogP contribution in [0.3, 0.4) is 0 Å². The number of ether oxygens (including phenoxy) is 2. The number of methoxy groups -OCH3 is 2. The molecule has 0 radical (unpaired) electrons. The van der Waals surface area contributed by atoms with Gasteiger partial charge in [0.1, 0.15) is 17.5 Å². The normalized spacial score (nSPS) is 10.1. The predicted molar refractivity (Wildman–Crippen MR) is 316 cm³/mol. The van der Waals surface area contributed by atoms with E-state index in [1.165, 1.54) is 69.1 Å². The van der Waals surface area contributed by atoms with Crippen molar-refractivity contribution in [3.05, 3.63) is 214 Å². The van der Waals surface area contributed by atoms with Crippen LogP contribution in [-0.4, -0.2) is 121 Å². The third-order valence-electron chi connectivity index (χ3n) is 10.4. The van der Waals surface area contributed by atoms with Crippen molar-refractivity contribution in [3.63, 3.8) is 0 Å². The van der Waals surface area contributed by atoms with Crippen molar-refractivity contribution >= 4 is 98.2 Å². The number of carboxylic acids is 2. The second-order valence-electron chi connectivity index (χ2n) is 17.8. The number of nitrogens with zero attached hydrogens (tertiary/aromatic N) is 6. The zero-order valence-corrected chi connectivity index (χ0v) is 51.3. The van der Waals surface area contributed by atoms with Gasteiger partial charge in [0.2, 0.25) is 0 Å². The van der Waals surface area contributed by atoms with Gasteiger partial charge in [0, 0.05) is 40.3 Å². The molecule has 18 nitrogen and oxygen atoms in total. The number of aromatic amines is 2. The van der Waals surface area contributed by atoms with E-state index in [0.29, 0.717) is 38.5 Å². The Labute approximate surface area is 512 Å². The van der Waals surface area contributed by atoms with Gasteiger partial charge >= 0.3 is 53.4 Å². The second kappa shape index (κ2) is 35.0. The Kier molecular flexibility index (Phi) is 29.2. The first-order valence-electron chi connectivity index (χ1n) is 24.5. The number of carbonyl (C=O) groups excluding carboxylic acids is 2. The Morgan fingerprint density at radius 3 is 1.18 bits per heavy atom. The average Bonchev–Trinajstić information content (AvgIpc) is 4.45. The number of carbonyl (C=O) groups is 4. The van der Waals surface area contributed by atoms with E-state index in [0.717, 1.165) is 38.3 Å². The number of rotatable bonds is 6. The van der Waals surface area contributed by atoms with Gasteiger partial charge in [-0.3, -0.25) is 14.6 Å². The van der Waals surface area contributed by atoms with Gasteiger partial charge in [-0.1, -0.05) is 50.5 Å². The van der Waals surface area contributed by atoms with Crippen LogP contribution in [0.15, 0.2) is 170 Å². The van der Waals surface area contributed by atoms with Crippen molar-refractivity contribution in [2.24, 2.45) is 0 Å². The molecule has 0 aliphatic heterocycles. The molecule has 0 atom stereocenters. The number of hydrogen-bond donors (Lipinski definition) is 5. The van der Waals surface area contributed by atoms with Crippen LogP contribution in [0.25, 0.3) is 55.0 Å². The molecule has 4 heterocycles. The van der Waals surface area contributed by atoms with Crippen molar-refractivity contribution in [3.8, 4) is 11.4 Å². The molecule has 0 spiro atoms. The fourth-order valence-corrected chi connectivity index (χ4v) is 7.35. The summed E-state index contributed by atoms with van der Waals surface area (Å²) in [7, 11) is 2.09. The number of fused-ring (bicyclic) bond motifs is 4. The molecule has 11 rings (SSSR count). The van der Waals surface area contributed by atoms with E-state index < -0.39 is 33.1 Å². The number of H-pyrrole nitrogens is 2. The Hall–Kier alpha value is -8.11. The van der Waals surface area contributed by atoms with Gasteiger partial charge in [-0.2, -0.15) is 20.4 Å². The first-order valence-corrected chi connectivity index (χ1v) is 28.9. The standard InChI is InChI=1S/C15H11FN2O2.C14H9FN2O2.C9H8N2O2.C8H6N2O2.C6H4FI.C4H12Si.CH3F.CH4O.Na.H2O/c1-20-15(19)12-3-2-4-14-13(12)9-17-18(14)11-7-5-10(16)6-8-11;15-9-4-6-10(7-5-9)17-13-3-1-2-11(14(18)19)12(13)8-16-17;1-13-9(12)6-3-2-4-8-7(6)5-10-11-8;11-8(12)5-2-1-3-7-6(5)4-9-10-7;7-5-1-3-6(8)4-2-5;1-5(2,3)4;2*1-2;;/h2-9H,1H3;1-8H,(H,18,19);2-5H,1H3,(H,10,11);1-4H,(H,9,10)(H,11,12);1-4H;1-4H3;1H3;2H,1H3;;1H2/q;;;;;;;;+1;/p-1/i;;;;;;1D;;;. The first-order chi connectivity index (χ1) is 39.2. The zero-order chi connectivity index (χ0) is 60.5. The average molecular weight is 1280 g/mol. The van der Waals surface area contributed by atoms with E-state index in [9.17, 15) is 36.7 Å². The van der Waals surface area contributed by atoms with Crippen molar-refractivity contribution < 1.29 is 97.9 Å². The molecule has 0 aliphatic carbocycles. The number of esters is 2. The molecule has 0 aliphatic rings. The number of nitrogens with one attached hydrogen (secondary N) is 2. The maximum atomic E-state index is 13.0. The molecule has 11 aromatic rings. The predicted octanol–water partition coefficient (Wildman–Crippen LogP) is 9.83. The Morgan fingerprint density at radius 1 is 0.530 bits per heavy atom. The maximum Gasteiger partial charge on any atom is 1.00 e. The molecule has 0 unspecified atom stereocenters. The van der Waals surface area contributed by atoms with E-state index in [1.807, 2.05) is 12.1 Å².